The summed E-state index contributed by atoms with van der Waals surface area (Å²) in [7, 11) is 1.63. The molecule has 1 fully saturated rings. The number of halogens is 1. The zero-order valence-corrected chi connectivity index (χ0v) is 10.8. The van der Waals surface area contributed by atoms with E-state index in [0.29, 0.717) is 0 Å². The third-order valence-corrected chi connectivity index (χ3v) is 4.00. The number of hydrogen-bond acceptors (Lipinski definition) is 3. The van der Waals surface area contributed by atoms with Gasteiger partial charge in [0.2, 0.25) is 6.08 Å². The molecule has 4 heteroatoms. The third-order valence-electron chi connectivity index (χ3n) is 2.95. The van der Waals surface area contributed by atoms with Crippen LogP contribution in [0.1, 0.15) is 24.0 Å². The minimum absolute atomic E-state index is 0.361. The zero-order chi connectivity index (χ0) is 11.8. The Morgan fingerprint density at radius 1 is 1.50 bits per heavy atom. The van der Waals surface area contributed by atoms with Crippen LogP contribution in [0.2, 0.25) is 0 Å². The normalized spacial score (nSPS) is 16.4. The van der Waals surface area contributed by atoms with E-state index in [1.807, 2.05) is 19.1 Å². The van der Waals surface area contributed by atoms with Gasteiger partial charge in [-0.3, -0.25) is 0 Å². The molecule has 1 saturated carbocycles. The van der Waals surface area contributed by atoms with E-state index < -0.39 is 0 Å². The monoisotopic (exact) mass is 281 g/mol. The maximum Gasteiger partial charge on any atom is 0.235 e. The van der Waals surface area contributed by atoms with E-state index in [9.17, 15) is 4.79 Å². The lowest BCUT2D eigenvalue weighted by molar-refractivity contribution is 0.413. The Bertz CT molecular complexity index is 474. The summed E-state index contributed by atoms with van der Waals surface area (Å²) in [5.74, 6) is 0.795. The fraction of sp³-hybridized carbons (Fsp3) is 0.417. The minimum atomic E-state index is -0.361. The van der Waals surface area contributed by atoms with E-state index in [4.69, 9.17) is 4.74 Å². The van der Waals surface area contributed by atoms with Crippen LogP contribution in [0.4, 0.5) is 0 Å². The van der Waals surface area contributed by atoms with Crippen LogP contribution in [0, 0.1) is 6.92 Å². The number of carbonyl (C=O) groups excluding carboxylic acids is 1. The average Bonchev–Trinajstić information content (AvgIpc) is 3.03. The fourth-order valence-electron chi connectivity index (χ4n) is 1.84. The molecule has 0 radical (unpaired) electrons. The topological polar surface area (TPSA) is 38.7 Å². The molecule has 0 heterocycles. The van der Waals surface area contributed by atoms with Gasteiger partial charge in [0.05, 0.1) is 12.6 Å². The second kappa shape index (κ2) is 4.04. The van der Waals surface area contributed by atoms with E-state index in [2.05, 4.69) is 20.9 Å². The Hall–Kier alpha value is -1.12. The van der Waals surface area contributed by atoms with Crippen molar-refractivity contribution >= 4 is 22.0 Å². The Balaban J connectivity index is 2.55. The van der Waals surface area contributed by atoms with Gasteiger partial charge in [0.1, 0.15) is 5.75 Å². The summed E-state index contributed by atoms with van der Waals surface area (Å²) in [5, 5.41) is 0. The van der Waals surface area contributed by atoms with E-state index in [0.717, 1.165) is 34.2 Å². The van der Waals surface area contributed by atoms with E-state index in [1.165, 1.54) is 0 Å². The number of nitrogens with zero attached hydrogens (tertiary/aromatic N) is 1. The fourth-order valence-corrected chi connectivity index (χ4v) is 2.44. The van der Waals surface area contributed by atoms with Gasteiger partial charge in [-0.1, -0.05) is 15.9 Å². The lowest BCUT2D eigenvalue weighted by Gasteiger charge is -2.14. The molecule has 1 aromatic rings. The average molecular weight is 282 g/mol. The second-order valence-electron chi connectivity index (χ2n) is 4.04. The molecule has 1 aliphatic rings. The first kappa shape index (κ1) is 11.4. The quantitative estimate of drug-likeness (QED) is 0.631. The molecule has 16 heavy (non-hydrogen) atoms. The molecule has 1 aromatic carbocycles. The first-order valence-corrected chi connectivity index (χ1v) is 5.86. The van der Waals surface area contributed by atoms with Crippen molar-refractivity contribution in [2.45, 2.75) is 25.3 Å². The second-order valence-corrected chi connectivity index (χ2v) is 4.83. The molecule has 3 nitrogen and oxygen atoms in total. The van der Waals surface area contributed by atoms with E-state index >= 15 is 0 Å². The van der Waals surface area contributed by atoms with Gasteiger partial charge < -0.3 is 4.74 Å². The molecular weight excluding hydrogens is 270 g/mol. The number of methoxy groups -OCH3 is 1. The zero-order valence-electron chi connectivity index (χ0n) is 9.21. The van der Waals surface area contributed by atoms with Crippen molar-refractivity contribution in [3.8, 4) is 5.75 Å². The number of isocyanates is 1. The first-order valence-electron chi connectivity index (χ1n) is 5.06. The van der Waals surface area contributed by atoms with Gasteiger partial charge in [-0.25, -0.2) is 4.79 Å². The van der Waals surface area contributed by atoms with Crippen molar-refractivity contribution in [2.75, 3.05) is 7.11 Å². The molecule has 2 rings (SSSR count). The molecular formula is C12H12BrNO2. The van der Waals surface area contributed by atoms with Crippen LogP contribution < -0.4 is 4.74 Å². The smallest absolute Gasteiger partial charge is 0.235 e. The molecule has 0 spiro atoms. The Morgan fingerprint density at radius 3 is 2.69 bits per heavy atom. The molecule has 0 saturated heterocycles. The number of aryl methyl sites for hydroxylation is 1. The summed E-state index contributed by atoms with van der Waals surface area (Å²) < 4.78 is 6.24. The largest absolute Gasteiger partial charge is 0.497 e. The lowest BCUT2D eigenvalue weighted by atomic mass is 10.0. The van der Waals surface area contributed by atoms with Gasteiger partial charge in [0, 0.05) is 4.47 Å². The first-order chi connectivity index (χ1) is 7.63. The standard InChI is InChI=1S/C12H12BrNO2/c1-8-5-9(16-2)6-10(11(8)13)12(3-4-12)14-7-15/h5-6H,3-4H2,1-2H3. The van der Waals surface area contributed by atoms with Crippen molar-refractivity contribution in [1.29, 1.82) is 0 Å². The molecule has 0 amide bonds. The summed E-state index contributed by atoms with van der Waals surface area (Å²) in [6.07, 6.45) is 3.46. The van der Waals surface area contributed by atoms with Crippen LogP contribution in [-0.2, 0) is 10.3 Å². The van der Waals surface area contributed by atoms with Gasteiger partial charge in [0.15, 0.2) is 0 Å². The molecule has 0 N–H and O–H groups in total. The Kier molecular flexibility index (Phi) is 2.87. The summed E-state index contributed by atoms with van der Waals surface area (Å²) in [5.41, 5.74) is 1.74. The predicted octanol–water partition coefficient (Wildman–Crippen LogP) is 3.09. The third kappa shape index (κ3) is 1.79. The molecule has 0 atom stereocenters. The number of hydrogen-bond donors (Lipinski definition) is 0. The number of rotatable bonds is 3. The highest BCUT2D eigenvalue weighted by molar-refractivity contribution is 9.10. The number of ether oxygens (including phenoxy) is 1. The summed E-state index contributed by atoms with van der Waals surface area (Å²) >= 11 is 3.54. The summed E-state index contributed by atoms with van der Waals surface area (Å²) in [6, 6.07) is 3.89. The van der Waals surface area contributed by atoms with Crippen LogP contribution in [0.3, 0.4) is 0 Å². The highest BCUT2D eigenvalue weighted by atomic mass is 79.9. The highest BCUT2D eigenvalue weighted by Crippen LogP contribution is 2.52. The Labute approximate surface area is 103 Å². The van der Waals surface area contributed by atoms with E-state index in [1.54, 1.807) is 13.2 Å². The molecule has 0 aromatic heterocycles. The van der Waals surface area contributed by atoms with Crippen molar-refractivity contribution < 1.29 is 9.53 Å². The van der Waals surface area contributed by atoms with Gasteiger partial charge in [0.25, 0.3) is 0 Å². The van der Waals surface area contributed by atoms with E-state index in [-0.39, 0.29) is 5.54 Å². The maximum atomic E-state index is 10.4. The molecule has 0 bridgehead atoms. The van der Waals surface area contributed by atoms with Crippen LogP contribution >= 0.6 is 15.9 Å². The van der Waals surface area contributed by atoms with Crippen LogP contribution in [0.15, 0.2) is 21.6 Å². The Morgan fingerprint density at radius 2 is 2.19 bits per heavy atom. The van der Waals surface area contributed by atoms with Gasteiger partial charge in [-0.05, 0) is 43.0 Å². The van der Waals surface area contributed by atoms with Crippen molar-refractivity contribution in [2.24, 2.45) is 4.99 Å². The SMILES string of the molecule is COc1cc(C)c(Br)c(C2(N=C=O)CC2)c1. The van der Waals surface area contributed by atoms with Crippen molar-refractivity contribution in [1.82, 2.24) is 0 Å². The summed E-state index contributed by atoms with van der Waals surface area (Å²) in [6.45, 7) is 2.00. The highest BCUT2D eigenvalue weighted by Gasteiger charge is 2.46. The summed E-state index contributed by atoms with van der Waals surface area (Å²) in [4.78, 5) is 14.4. The van der Waals surface area contributed by atoms with Crippen LogP contribution in [0.25, 0.3) is 0 Å². The van der Waals surface area contributed by atoms with Crippen LogP contribution in [-0.4, -0.2) is 13.2 Å². The van der Waals surface area contributed by atoms with Crippen LogP contribution in [0.5, 0.6) is 5.75 Å². The van der Waals surface area contributed by atoms with Gasteiger partial charge in [-0.15, -0.1) is 0 Å². The number of benzene rings is 1. The van der Waals surface area contributed by atoms with Crippen molar-refractivity contribution in [3.05, 3.63) is 27.7 Å². The van der Waals surface area contributed by atoms with Gasteiger partial charge >= 0.3 is 0 Å². The predicted molar refractivity (Wildman–Crippen MR) is 64.5 cm³/mol. The molecule has 84 valence electrons. The van der Waals surface area contributed by atoms with Crippen molar-refractivity contribution in [3.63, 3.8) is 0 Å². The molecule has 0 unspecified atom stereocenters. The maximum absolute atomic E-state index is 10.4. The minimum Gasteiger partial charge on any atom is -0.497 e. The number of aliphatic imine (C=N–C) groups is 1. The lowest BCUT2D eigenvalue weighted by Crippen LogP contribution is -2.05. The molecule has 0 aliphatic heterocycles. The van der Waals surface area contributed by atoms with Gasteiger partial charge in [-0.2, -0.15) is 4.99 Å². The molecule has 1 aliphatic carbocycles.